The highest BCUT2D eigenvalue weighted by Gasteiger charge is 2.27. The van der Waals surface area contributed by atoms with Gasteiger partial charge in [0.2, 0.25) is 0 Å². The molecule has 1 N–H and O–H groups in total. The Hall–Kier alpha value is -1.66. The molecule has 6 nitrogen and oxygen atoms in total. The Balaban J connectivity index is 2.36. The number of likely N-dealkylation sites (N-methyl/N-ethyl adjacent to an activating group) is 1. The van der Waals surface area contributed by atoms with E-state index in [1.807, 2.05) is 0 Å². The topological polar surface area (TPSA) is 69.8 Å². The number of nitro groups is 1. The van der Waals surface area contributed by atoms with Crippen LogP contribution >= 0.6 is 0 Å². The van der Waals surface area contributed by atoms with E-state index < -0.39 is 0 Å². The highest BCUT2D eigenvalue weighted by molar-refractivity contribution is 5.65. The lowest BCUT2D eigenvalue weighted by atomic mass is 10.1. The largest absolute Gasteiger partial charge is 0.392 e. The van der Waals surface area contributed by atoms with Gasteiger partial charge in [0.1, 0.15) is 5.69 Å². The van der Waals surface area contributed by atoms with Gasteiger partial charge in [0, 0.05) is 31.7 Å². The molecule has 1 saturated heterocycles. The van der Waals surface area contributed by atoms with Gasteiger partial charge >= 0.3 is 0 Å². The number of hydrogen-bond acceptors (Lipinski definition) is 5. The van der Waals surface area contributed by atoms with Gasteiger partial charge in [-0.2, -0.15) is 0 Å². The summed E-state index contributed by atoms with van der Waals surface area (Å²) >= 11 is 0. The maximum absolute atomic E-state index is 11.2. The van der Waals surface area contributed by atoms with Crippen LogP contribution < -0.4 is 4.90 Å². The second kappa shape index (κ2) is 5.54. The molecule has 1 unspecified atom stereocenters. The average Bonchev–Trinajstić information content (AvgIpc) is 2.38. The van der Waals surface area contributed by atoms with Crippen molar-refractivity contribution in [3.05, 3.63) is 33.9 Å². The summed E-state index contributed by atoms with van der Waals surface area (Å²) in [7, 11) is 2.05. The molecular weight excluding hydrogens is 246 g/mol. The van der Waals surface area contributed by atoms with Gasteiger partial charge < -0.3 is 14.9 Å². The fourth-order valence-electron chi connectivity index (χ4n) is 2.55. The minimum atomic E-state index is -0.375. The van der Waals surface area contributed by atoms with E-state index in [-0.39, 0.29) is 23.3 Å². The van der Waals surface area contributed by atoms with E-state index in [9.17, 15) is 10.1 Å². The van der Waals surface area contributed by atoms with E-state index >= 15 is 0 Å². The number of nitro benzene ring substituents is 1. The van der Waals surface area contributed by atoms with Gasteiger partial charge in [-0.05, 0) is 25.6 Å². The zero-order valence-electron chi connectivity index (χ0n) is 11.2. The lowest BCUT2D eigenvalue weighted by Gasteiger charge is -2.39. The summed E-state index contributed by atoms with van der Waals surface area (Å²) in [5.41, 5.74) is 1.28. The number of rotatable bonds is 3. The quantitative estimate of drug-likeness (QED) is 0.657. The number of anilines is 1. The molecule has 6 heteroatoms. The van der Waals surface area contributed by atoms with E-state index in [2.05, 4.69) is 23.8 Å². The minimum absolute atomic E-state index is 0.0722. The Morgan fingerprint density at radius 3 is 2.79 bits per heavy atom. The Morgan fingerprint density at radius 2 is 2.21 bits per heavy atom. The first-order valence-electron chi connectivity index (χ1n) is 6.36. The van der Waals surface area contributed by atoms with Crippen molar-refractivity contribution in [1.82, 2.24) is 4.90 Å². The standard InChI is InChI=1S/C13H19N3O3/c1-10-8-14(2)5-6-15(10)12-4-3-11(9-17)7-13(12)16(18)19/h3-4,7,10,17H,5-6,8-9H2,1-2H3. The van der Waals surface area contributed by atoms with E-state index in [1.165, 1.54) is 6.07 Å². The van der Waals surface area contributed by atoms with Gasteiger partial charge in [0.15, 0.2) is 0 Å². The number of aliphatic hydroxyl groups is 1. The molecule has 1 heterocycles. The van der Waals surface area contributed by atoms with Crippen molar-refractivity contribution in [3.8, 4) is 0 Å². The third-order valence-corrected chi connectivity index (χ3v) is 3.56. The third-order valence-electron chi connectivity index (χ3n) is 3.56. The lowest BCUT2D eigenvalue weighted by molar-refractivity contribution is -0.384. The van der Waals surface area contributed by atoms with Crippen LogP contribution in [0.2, 0.25) is 0 Å². The normalized spacial score (nSPS) is 20.6. The zero-order valence-corrected chi connectivity index (χ0v) is 11.2. The van der Waals surface area contributed by atoms with Crippen LogP contribution in [0, 0.1) is 10.1 Å². The van der Waals surface area contributed by atoms with Gasteiger partial charge in [-0.3, -0.25) is 10.1 Å². The smallest absolute Gasteiger partial charge is 0.292 e. The van der Waals surface area contributed by atoms with Crippen molar-refractivity contribution in [1.29, 1.82) is 0 Å². The molecule has 0 spiro atoms. The van der Waals surface area contributed by atoms with Gasteiger partial charge in [-0.1, -0.05) is 6.07 Å². The Labute approximate surface area is 112 Å². The first-order valence-corrected chi connectivity index (χ1v) is 6.36. The molecule has 0 aliphatic carbocycles. The Bertz CT molecular complexity index is 478. The summed E-state index contributed by atoms with van der Waals surface area (Å²) in [5.74, 6) is 0. The SMILES string of the molecule is CC1CN(C)CCN1c1ccc(CO)cc1[N+](=O)[O-]. The second-order valence-electron chi connectivity index (χ2n) is 5.04. The molecule has 0 radical (unpaired) electrons. The molecule has 0 saturated carbocycles. The first kappa shape index (κ1) is 13.8. The first-order chi connectivity index (χ1) is 9.02. The number of nitrogens with zero attached hydrogens (tertiary/aromatic N) is 3. The fraction of sp³-hybridized carbons (Fsp3) is 0.538. The van der Waals surface area contributed by atoms with E-state index in [1.54, 1.807) is 12.1 Å². The highest BCUT2D eigenvalue weighted by Crippen LogP contribution is 2.31. The van der Waals surface area contributed by atoms with Gasteiger partial charge in [-0.15, -0.1) is 0 Å². The minimum Gasteiger partial charge on any atom is -0.392 e. The molecule has 0 amide bonds. The number of aliphatic hydroxyl groups excluding tert-OH is 1. The van der Waals surface area contributed by atoms with Gasteiger partial charge in [0.05, 0.1) is 11.5 Å². The summed E-state index contributed by atoms with van der Waals surface area (Å²) in [6, 6.07) is 5.18. The molecule has 1 aliphatic heterocycles. The monoisotopic (exact) mass is 265 g/mol. The van der Waals surface area contributed by atoms with Crippen LogP contribution in [0.4, 0.5) is 11.4 Å². The maximum atomic E-state index is 11.2. The molecule has 1 aromatic rings. The van der Waals surface area contributed by atoms with Gasteiger partial charge in [-0.25, -0.2) is 0 Å². The van der Waals surface area contributed by atoms with Crippen LogP contribution in [0.1, 0.15) is 12.5 Å². The van der Waals surface area contributed by atoms with E-state index in [0.29, 0.717) is 11.3 Å². The summed E-state index contributed by atoms with van der Waals surface area (Å²) in [5, 5.41) is 20.3. The van der Waals surface area contributed by atoms with E-state index in [0.717, 1.165) is 19.6 Å². The Kier molecular flexibility index (Phi) is 4.01. The fourth-order valence-corrected chi connectivity index (χ4v) is 2.55. The van der Waals surface area contributed by atoms with Crippen molar-refractivity contribution in [3.63, 3.8) is 0 Å². The lowest BCUT2D eigenvalue weighted by Crippen LogP contribution is -2.50. The molecule has 0 bridgehead atoms. The van der Waals surface area contributed by atoms with Crippen molar-refractivity contribution in [2.45, 2.75) is 19.6 Å². The van der Waals surface area contributed by atoms with Crippen LogP contribution in [0.15, 0.2) is 18.2 Å². The van der Waals surface area contributed by atoms with E-state index in [4.69, 9.17) is 5.11 Å². The van der Waals surface area contributed by atoms with Crippen LogP contribution in [-0.2, 0) is 6.61 Å². The molecule has 0 aromatic heterocycles. The number of hydrogen-bond donors (Lipinski definition) is 1. The number of piperazine rings is 1. The zero-order chi connectivity index (χ0) is 14.0. The summed E-state index contributed by atoms with van der Waals surface area (Å²) < 4.78 is 0. The summed E-state index contributed by atoms with van der Waals surface area (Å²) in [4.78, 5) is 15.1. The molecule has 104 valence electrons. The maximum Gasteiger partial charge on any atom is 0.292 e. The molecule has 1 atom stereocenters. The molecular formula is C13H19N3O3. The Morgan fingerprint density at radius 1 is 1.47 bits per heavy atom. The van der Waals surface area contributed by atoms with Crippen molar-refractivity contribution < 1.29 is 10.0 Å². The molecule has 1 aromatic carbocycles. The highest BCUT2D eigenvalue weighted by atomic mass is 16.6. The average molecular weight is 265 g/mol. The molecule has 1 fully saturated rings. The van der Waals surface area contributed by atoms with Crippen LogP contribution in [0.25, 0.3) is 0 Å². The van der Waals surface area contributed by atoms with Crippen LogP contribution in [0.3, 0.4) is 0 Å². The molecule has 2 rings (SSSR count). The molecule has 1 aliphatic rings. The predicted octanol–water partition coefficient (Wildman–Crippen LogP) is 1.23. The van der Waals surface area contributed by atoms with Gasteiger partial charge in [0.25, 0.3) is 5.69 Å². The predicted molar refractivity (Wildman–Crippen MR) is 73.3 cm³/mol. The third kappa shape index (κ3) is 2.85. The van der Waals surface area contributed by atoms with Crippen LogP contribution in [-0.4, -0.2) is 47.7 Å². The second-order valence-corrected chi connectivity index (χ2v) is 5.04. The summed E-state index contributed by atoms with van der Waals surface area (Å²) in [6.07, 6.45) is 0. The van der Waals surface area contributed by atoms with Crippen molar-refractivity contribution in [2.24, 2.45) is 0 Å². The van der Waals surface area contributed by atoms with Crippen molar-refractivity contribution in [2.75, 3.05) is 31.6 Å². The van der Waals surface area contributed by atoms with Crippen molar-refractivity contribution >= 4 is 11.4 Å². The summed E-state index contributed by atoms with van der Waals surface area (Å²) in [6.45, 7) is 4.44. The molecule has 19 heavy (non-hydrogen) atoms. The number of benzene rings is 1. The van der Waals surface area contributed by atoms with Crippen LogP contribution in [0.5, 0.6) is 0 Å².